The minimum Gasteiger partial charge on any atom is -0.493 e. The van der Waals surface area contributed by atoms with Crippen LogP contribution in [0.1, 0.15) is 36.2 Å². The number of hydrogen-bond donors (Lipinski definition) is 0. The molecule has 0 spiro atoms. The Balaban J connectivity index is 1.87. The van der Waals surface area contributed by atoms with Crippen molar-refractivity contribution in [2.75, 3.05) is 7.11 Å². The number of methoxy groups -OCH3 is 1. The molecule has 1 aliphatic rings. The summed E-state index contributed by atoms with van der Waals surface area (Å²) in [6.45, 7) is 3.86. The Morgan fingerprint density at radius 2 is 1.79 bits per heavy atom. The molecule has 1 heterocycles. The Bertz CT molecular complexity index is 790. The highest BCUT2D eigenvalue weighted by molar-refractivity contribution is 5.64. The minimum absolute atomic E-state index is 0.0373. The van der Waals surface area contributed by atoms with Crippen molar-refractivity contribution in [3.05, 3.63) is 57.5 Å². The Morgan fingerprint density at radius 1 is 1.08 bits per heavy atom. The van der Waals surface area contributed by atoms with Gasteiger partial charge in [0, 0.05) is 29.7 Å². The second kappa shape index (κ2) is 6.95. The largest absolute Gasteiger partial charge is 0.493 e. The Hall–Kier alpha value is -2.49. The number of rotatable bonds is 5. The zero-order chi connectivity index (χ0) is 17.1. The summed E-state index contributed by atoms with van der Waals surface area (Å²) in [6.07, 6.45) is 7.74. The second-order valence-corrected chi connectivity index (χ2v) is 6.24. The van der Waals surface area contributed by atoms with Gasteiger partial charge in [-0.05, 0) is 56.9 Å². The van der Waals surface area contributed by atoms with Crippen LogP contribution in [0.4, 0.5) is 0 Å². The van der Waals surface area contributed by atoms with Crippen molar-refractivity contribution in [3.63, 3.8) is 0 Å². The number of ether oxygens (including phenoxy) is 2. The Labute approximate surface area is 142 Å². The number of nitrogens with zero attached hydrogens (tertiary/aromatic N) is 1. The number of aromatic nitrogens is 1. The van der Waals surface area contributed by atoms with Gasteiger partial charge in [-0.3, -0.25) is 4.79 Å². The molecule has 0 amide bonds. The summed E-state index contributed by atoms with van der Waals surface area (Å²) in [5, 5.41) is 0. The van der Waals surface area contributed by atoms with Crippen LogP contribution in [0, 0.1) is 13.8 Å². The fourth-order valence-electron chi connectivity index (χ4n) is 2.82. The molecule has 1 saturated carbocycles. The van der Waals surface area contributed by atoms with Gasteiger partial charge in [0.15, 0.2) is 16.9 Å². The fraction of sp³-hybridized carbons (Fsp3) is 0.350. The molecule has 1 aromatic carbocycles. The van der Waals surface area contributed by atoms with Crippen LogP contribution in [0.25, 0.3) is 12.3 Å². The van der Waals surface area contributed by atoms with Crippen LogP contribution in [0.5, 0.6) is 11.5 Å². The van der Waals surface area contributed by atoms with Gasteiger partial charge in [-0.25, -0.2) is 0 Å². The first-order chi connectivity index (χ1) is 11.6. The molecule has 4 heteroatoms. The summed E-state index contributed by atoms with van der Waals surface area (Å²) in [6, 6.07) is 9.20. The second-order valence-electron chi connectivity index (χ2n) is 6.24. The molecule has 126 valence electrons. The first-order valence-corrected chi connectivity index (χ1v) is 8.29. The van der Waals surface area contributed by atoms with E-state index in [0.717, 1.165) is 41.3 Å². The first-order valence-electron chi connectivity index (χ1n) is 8.29. The molecule has 0 radical (unpaired) electrons. The van der Waals surface area contributed by atoms with Gasteiger partial charge in [-0.15, -0.1) is 0 Å². The topological polar surface area (TPSA) is 40.5 Å². The lowest BCUT2D eigenvalue weighted by Gasteiger charge is -2.27. The van der Waals surface area contributed by atoms with Gasteiger partial charge in [0.25, 0.3) is 0 Å². The average molecular weight is 325 g/mol. The molecule has 0 aliphatic heterocycles. The highest BCUT2D eigenvalue weighted by Crippen LogP contribution is 2.33. The van der Waals surface area contributed by atoms with E-state index in [1.807, 2.05) is 48.9 Å². The number of aryl methyl sites for hydroxylation is 2. The van der Waals surface area contributed by atoms with E-state index in [1.165, 1.54) is 6.42 Å². The minimum atomic E-state index is 0.0373. The van der Waals surface area contributed by atoms with Gasteiger partial charge >= 0.3 is 0 Å². The van der Waals surface area contributed by atoms with E-state index < -0.39 is 0 Å². The van der Waals surface area contributed by atoms with Gasteiger partial charge in [0.2, 0.25) is 0 Å². The van der Waals surface area contributed by atoms with Crippen molar-refractivity contribution in [1.82, 2.24) is 4.57 Å². The lowest BCUT2D eigenvalue weighted by molar-refractivity contribution is 0.116. The lowest BCUT2D eigenvalue weighted by Crippen LogP contribution is -2.24. The summed E-state index contributed by atoms with van der Waals surface area (Å²) in [5.74, 6) is 1.55. The molecule has 0 saturated heterocycles. The highest BCUT2D eigenvalue weighted by atomic mass is 16.5. The SMILES string of the molecule is COc1ccc(/C=C/n2c(C)cc(=O)cc2C)cc1OC1CCC1. The molecule has 4 nitrogen and oxygen atoms in total. The van der Waals surface area contributed by atoms with E-state index >= 15 is 0 Å². The smallest absolute Gasteiger partial charge is 0.182 e. The van der Waals surface area contributed by atoms with E-state index in [2.05, 4.69) is 0 Å². The summed E-state index contributed by atoms with van der Waals surface area (Å²) in [4.78, 5) is 11.5. The number of benzene rings is 1. The van der Waals surface area contributed by atoms with Gasteiger partial charge in [0.05, 0.1) is 13.2 Å². The molecule has 1 aromatic heterocycles. The molecule has 24 heavy (non-hydrogen) atoms. The maximum atomic E-state index is 11.5. The molecule has 3 rings (SSSR count). The van der Waals surface area contributed by atoms with Gasteiger partial charge < -0.3 is 14.0 Å². The summed E-state index contributed by atoms with van der Waals surface area (Å²) in [7, 11) is 1.66. The van der Waals surface area contributed by atoms with Crippen LogP contribution in [0.3, 0.4) is 0 Å². The van der Waals surface area contributed by atoms with Gasteiger partial charge in [-0.2, -0.15) is 0 Å². The maximum Gasteiger partial charge on any atom is 0.182 e. The zero-order valence-electron chi connectivity index (χ0n) is 14.4. The third-order valence-corrected chi connectivity index (χ3v) is 4.41. The molecule has 1 fully saturated rings. The highest BCUT2D eigenvalue weighted by Gasteiger charge is 2.20. The van der Waals surface area contributed by atoms with Crippen LogP contribution >= 0.6 is 0 Å². The summed E-state index contributed by atoms with van der Waals surface area (Å²) >= 11 is 0. The molecule has 0 atom stereocenters. The van der Waals surface area contributed by atoms with Crippen molar-refractivity contribution in [3.8, 4) is 11.5 Å². The molecule has 2 aromatic rings. The van der Waals surface area contributed by atoms with E-state index in [0.29, 0.717) is 6.10 Å². The van der Waals surface area contributed by atoms with Gasteiger partial charge in [0.1, 0.15) is 0 Å². The predicted molar refractivity (Wildman–Crippen MR) is 96.7 cm³/mol. The molecular weight excluding hydrogens is 302 g/mol. The van der Waals surface area contributed by atoms with E-state index in [1.54, 1.807) is 19.2 Å². The van der Waals surface area contributed by atoms with E-state index in [9.17, 15) is 4.79 Å². The average Bonchev–Trinajstić information content (AvgIpc) is 2.50. The van der Waals surface area contributed by atoms with E-state index in [-0.39, 0.29) is 5.43 Å². The van der Waals surface area contributed by atoms with Crippen LogP contribution in [-0.4, -0.2) is 17.8 Å². The van der Waals surface area contributed by atoms with Crippen molar-refractivity contribution in [2.24, 2.45) is 0 Å². The lowest BCUT2D eigenvalue weighted by atomic mass is 9.96. The fourth-order valence-corrected chi connectivity index (χ4v) is 2.82. The molecule has 0 unspecified atom stereocenters. The van der Waals surface area contributed by atoms with Crippen LogP contribution in [0.2, 0.25) is 0 Å². The molecule has 1 aliphatic carbocycles. The predicted octanol–water partition coefficient (Wildman–Crippen LogP) is 4.03. The van der Waals surface area contributed by atoms with Crippen molar-refractivity contribution in [1.29, 1.82) is 0 Å². The maximum absolute atomic E-state index is 11.5. The summed E-state index contributed by atoms with van der Waals surface area (Å²) in [5.41, 5.74) is 2.89. The summed E-state index contributed by atoms with van der Waals surface area (Å²) < 4.78 is 13.4. The molecular formula is C20H23NO3. The monoisotopic (exact) mass is 325 g/mol. The Morgan fingerprint density at radius 3 is 2.38 bits per heavy atom. The normalized spacial score (nSPS) is 14.6. The van der Waals surface area contributed by atoms with Crippen LogP contribution < -0.4 is 14.9 Å². The van der Waals surface area contributed by atoms with Crippen molar-refractivity contribution in [2.45, 2.75) is 39.2 Å². The number of pyridine rings is 1. The third-order valence-electron chi connectivity index (χ3n) is 4.41. The van der Waals surface area contributed by atoms with Crippen molar-refractivity contribution >= 4 is 12.3 Å². The van der Waals surface area contributed by atoms with Crippen molar-refractivity contribution < 1.29 is 9.47 Å². The first kappa shape index (κ1) is 16.4. The zero-order valence-corrected chi connectivity index (χ0v) is 14.4. The third kappa shape index (κ3) is 3.53. The number of hydrogen-bond acceptors (Lipinski definition) is 3. The van der Waals surface area contributed by atoms with E-state index in [4.69, 9.17) is 9.47 Å². The van der Waals surface area contributed by atoms with Gasteiger partial charge in [-0.1, -0.05) is 6.07 Å². The van der Waals surface area contributed by atoms with Crippen LogP contribution in [0.15, 0.2) is 35.1 Å². The molecule has 0 N–H and O–H groups in total. The van der Waals surface area contributed by atoms with Crippen LogP contribution in [-0.2, 0) is 0 Å². The Kier molecular flexibility index (Phi) is 4.74. The quantitative estimate of drug-likeness (QED) is 0.833. The molecule has 0 bridgehead atoms. The standard InChI is InChI=1S/C20H23NO3/c1-14-11-17(22)12-15(2)21(14)10-9-16-7-8-19(23-3)20(13-16)24-18-5-4-6-18/h7-13,18H,4-6H2,1-3H3/b10-9+.